The molecule has 1 rings (SSSR count). The third kappa shape index (κ3) is 4.43. The monoisotopic (exact) mass is 208 g/mol. The van der Waals surface area contributed by atoms with Crippen LogP contribution in [-0.4, -0.2) is 31.6 Å². The van der Waals surface area contributed by atoms with E-state index < -0.39 is 0 Å². The molecule has 0 amide bonds. The second-order valence-electron chi connectivity index (χ2n) is 3.20. The molecule has 0 saturated carbocycles. The van der Waals surface area contributed by atoms with E-state index in [9.17, 15) is 0 Å². The fourth-order valence-corrected chi connectivity index (χ4v) is 1.96. The van der Waals surface area contributed by atoms with Crippen molar-refractivity contribution in [1.82, 2.24) is 10.2 Å². The highest BCUT2D eigenvalue weighted by Crippen LogP contribution is 2.10. The van der Waals surface area contributed by atoms with E-state index in [1.807, 2.05) is 0 Å². The fraction of sp³-hybridized carbons (Fsp3) is 0.455. The highest BCUT2D eigenvalue weighted by molar-refractivity contribution is 7.09. The molecule has 0 radical (unpaired) electrons. The normalized spacial score (nSPS) is 10.4. The first-order chi connectivity index (χ1) is 6.83. The second-order valence-corrected chi connectivity index (χ2v) is 4.23. The van der Waals surface area contributed by atoms with Crippen LogP contribution in [0.4, 0.5) is 0 Å². The summed E-state index contributed by atoms with van der Waals surface area (Å²) in [5.74, 6) is 2.56. The molecule has 0 aromatic carbocycles. The molecule has 0 bridgehead atoms. The number of thiophene rings is 1. The number of hydrogen-bond acceptors (Lipinski definition) is 3. The molecule has 0 aliphatic rings. The Labute approximate surface area is 89.9 Å². The minimum Gasteiger partial charge on any atom is -0.305 e. The van der Waals surface area contributed by atoms with Gasteiger partial charge in [0, 0.05) is 24.5 Å². The number of nitrogens with zero attached hydrogens (tertiary/aromatic N) is 1. The molecule has 0 aliphatic heterocycles. The fourth-order valence-electron chi connectivity index (χ4n) is 1.18. The van der Waals surface area contributed by atoms with Crippen molar-refractivity contribution in [3.63, 3.8) is 0 Å². The standard InChI is InChI=1S/C11H16N2S/c1-3-6-12-7-8-13(2)10-11-5-4-9-14-11/h1,4-5,9,12H,6-8,10H2,2H3. The van der Waals surface area contributed by atoms with E-state index >= 15 is 0 Å². The Morgan fingerprint density at radius 2 is 2.50 bits per heavy atom. The number of hydrogen-bond donors (Lipinski definition) is 1. The molecule has 1 aromatic heterocycles. The third-order valence-corrected chi connectivity index (χ3v) is 2.76. The highest BCUT2D eigenvalue weighted by atomic mass is 32.1. The van der Waals surface area contributed by atoms with Gasteiger partial charge in [-0.2, -0.15) is 0 Å². The second kappa shape index (κ2) is 6.61. The Bertz CT molecular complexity index is 274. The van der Waals surface area contributed by atoms with Gasteiger partial charge >= 0.3 is 0 Å². The molecule has 0 unspecified atom stereocenters. The summed E-state index contributed by atoms with van der Waals surface area (Å²) in [5.41, 5.74) is 0. The zero-order valence-electron chi connectivity index (χ0n) is 8.49. The van der Waals surface area contributed by atoms with Gasteiger partial charge in [-0.1, -0.05) is 12.0 Å². The lowest BCUT2D eigenvalue weighted by atomic mass is 10.4. The van der Waals surface area contributed by atoms with E-state index in [1.54, 1.807) is 11.3 Å². The van der Waals surface area contributed by atoms with Crippen LogP contribution in [0.25, 0.3) is 0 Å². The van der Waals surface area contributed by atoms with Gasteiger partial charge in [-0.05, 0) is 18.5 Å². The van der Waals surface area contributed by atoms with Gasteiger partial charge < -0.3 is 10.2 Å². The topological polar surface area (TPSA) is 15.3 Å². The predicted octanol–water partition coefficient (Wildman–Crippen LogP) is 1.40. The van der Waals surface area contributed by atoms with Crippen molar-refractivity contribution in [1.29, 1.82) is 0 Å². The van der Waals surface area contributed by atoms with Crippen molar-refractivity contribution in [3.8, 4) is 12.3 Å². The van der Waals surface area contributed by atoms with Crippen LogP contribution in [0.2, 0.25) is 0 Å². The van der Waals surface area contributed by atoms with Crippen molar-refractivity contribution >= 4 is 11.3 Å². The third-order valence-electron chi connectivity index (χ3n) is 1.90. The van der Waals surface area contributed by atoms with Crippen LogP contribution in [0.1, 0.15) is 4.88 Å². The number of rotatable bonds is 6. The van der Waals surface area contributed by atoms with Gasteiger partial charge in [0.25, 0.3) is 0 Å². The zero-order valence-corrected chi connectivity index (χ0v) is 9.31. The molecule has 0 atom stereocenters. The molecule has 76 valence electrons. The predicted molar refractivity (Wildman–Crippen MR) is 62.4 cm³/mol. The van der Waals surface area contributed by atoms with Crippen molar-refractivity contribution in [3.05, 3.63) is 22.4 Å². The molecule has 14 heavy (non-hydrogen) atoms. The summed E-state index contributed by atoms with van der Waals surface area (Å²) in [6, 6.07) is 4.25. The summed E-state index contributed by atoms with van der Waals surface area (Å²) < 4.78 is 0. The quantitative estimate of drug-likeness (QED) is 0.561. The molecular weight excluding hydrogens is 192 g/mol. The molecular formula is C11H16N2S. The summed E-state index contributed by atoms with van der Waals surface area (Å²) in [7, 11) is 2.12. The van der Waals surface area contributed by atoms with E-state index in [0.717, 1.165) is 19.6 Å². The van der Waals surface area contributed by atoms with E-state index in [4.69, 9.17) is 6.42 Å². The van der Waals surface area contributed by atoms with Crippen LogP contribution >= 0.6 is 11.3 Å². The van der Waals surface area contributed by atoms with Crippen molar-refractivity contribution in [2.45, 2.75) is 6.54 Å². The van der Waals surface area contributed by atoms with Crippen LogP contribution in [-0.2, 0) is 6.54 Å². The first-order valence-corrected chi connectivity index (χ1v) is 5.56. The largest absolute Gasteiger partial charge is 0.305 e. The smallest absolute Gasteiger partial charge is 0.0574 e. The van der Waals surface area contributed by atoms with Gasteiger partial charge in [0.1, 0.15) is 0 Å². The van der Waals surface area contributed by atoms with Crippen LogP contribution in [0.15, 0.2) is 17.5 Å². The summed E-state index contributed by atoms with van der Waals surface area (Å²) in [5, 5.41) is 5.28. The molecule has 2 nitrogen and oxygen atoms in total. The Morgan fingerprint density at radius 3 is 3.14 bits per heavy atom. The van der Waals surface area contributed by atoms with Crippen molar-refractivity contribution in [2.24, 2.45) is 0 Å². The molecule has 0 fully saturated rings. The summed E-state index contributed by atoms with van der Waals surface area (Å²) >= 11 is 1.80. The summed E-state index contributed by atoms with van der Waals surface area (Å²) in [6.07, 6.45) is 5.13. The van der Waals surface area contributed by atoms with E-state index in [1.165, 1.54) is 4.88 Å². The zero-order chi connectivity index (χ0) is 10.2. The Hall–Kier alpha value is -0.820. The van der Waals surface area contributed by atoms with Gasteiger partial charge in [0.2, 0.25) is 0 Å². The lowest BCUT2D eigenvalue weighted by molar-refractivity contribution is 0.329. The maximum atomic E-state index is 5.13. The van der Waals surface area contributed by atoms with Crippen LogP contribution < -0.4 is 5.32 Å². The average Bonchev–Trinajstić information content (AvgIpc) is 2.65. The highest BCUT2D eigenvalue weighted by Gasteiger charge is 1.99. The Kier molecular flexibility index (Phi) is 5.31. The van der Waals surface area contributed by atoms with Gasteiger partial charge in [-0.25, -0.2) is 0 Å². The minimum atomic E-state index is 0.660. The maximum absolute atomic E-state index is 5.13. The van der Waals surface area contributed by atoms with E-state index in [0.29, 0.717) is 6.54 Å². The summed E-state index contributed by atoms with van der Waals surface area (Å²) in [6.45, 7) is 3.66. The van der Waals surface area contributed by atoms with Crippen molar-refractivity contribution < 1.29 is 0 Å². The van der Waals surface area contributed by atoms with E-state index in [-0.39, 0.29) is 0 Å². The first kappa shape index (κ1) is 11.3. The van der Waals surface area contributed by atoms with Gasteiger partial charge in [0.05, 0.1) is 6.54 Å². The van der Waals surface area contributed by atoms with Crippen LogP contribution in [0.3, 0.4) is 0 Å². The lowest BCUT2D eigenvalue weighted by Gasteiger charge is -2.15. The van der Waals surface area contributed by atoms with Crippen LogP contribution in [0.5, 0.6) is 0 Å². The van der Waals surface area contributed by atoms with E-state index in [2.05, 4.69) is 40.7 Å². The molecule has 1 aromatic rings. The first-order valence-electron chi connectivity index (χ1n) is 4.68. The van der Waals surface area contributed by atoms with Crippen LogP contribution in [0, 0.1) is 12.3 Å². The number of terminal acetylenes is 1. The molecule has 3 heteroatoms. The van der Waals surface area contributed by atoms with Gasteiger partial charge in [-0.15, -0.1) is 17.8 Å². The van der Waals surface area contributed by atoms with Crippen molar-refractivity contribution in [2.75, 3.05) is 26.7 Å². The summed E-state index contributed by atoms with van der Waals surface area (Å²) in [4.78, 5) is 3.69. The molecule has 0 saturated heterocycles. The number of likely N-dealkylation sites (N-methyl/N-ethyl adjacent to an activating group) is 1. The SMILES string of the molecule is C#CCNCCN(C)Cc1cccs1. The Balaban J connectivity index is 2.11. The van der Waals surface area contributed by atoms with Gasteiger partial charge in [-0.3, -0.25) is 0 Å². The average molecular weight is 208 g/mol. The molecule has 0 aliphatic carbocycles. The number of nitrogens with one attached hydrogen (secondary N) is 1. The Morgan fingerprint density at radius 1 is 1.64 bits per heavy atom. The molecule has 0 spiro atoms. The maximum Gasteiger partial charge on any atom is 0.0574 e. The molecule has 1 N–H and O–H groups in total. The lowest BCUT2D eigenvalue weighted by Crippen LogP contribution is -2.28. The van der Waals surface area contributed by atoms with Gasteiger partial charge in [0.15, 0.2) is 0 Å². The molecule has 1 heterocycles. The minimum absolute atomic E-state index is 0.660.